The van der Waals surface area contributed by atoms with Crippen LogP contribution in [0.3, 0.4) is 0 Å². The monoisotopic (exact) mass is 201 g/mol. The van der Waals surface area contributed by atoms with E-state index in [0.717, 1.165) is 26.2 Å². The van der Waals surface area contributed by atoms with Crippen molar-refractivity contribution in [2.75, 3.05) is 40.3 Å². The van der Waals surface area contributed by atoms with E-state index in [-0.39, 0.29) is 0 Å². The highest BCUT2D eigenvalue weighted by atomic mass is 16.5. The van der Waals surface area contributed by atoms with Crippen molar-refractivity contribution in [1.82, 2.24) is 15.3 Å². The first-order valence-corrected chi connectivity index (χ1v) is 4.46. The Morgan fingerprint density at radius 3 is 2.29 bits per heavy atom. The van der Waals surface area contributed by atoms with Gasteiger partial charge in [0, 0.05) is 26.2 Å². The van der Waals surface area contributed by atoms with E-state index < -0.39 is 11.9 Å². The first-order valence-electron chi connectivity index (χ1n) is 4.46. The summed E-state index contributed by atoms with van der Waals surface area (Å²) in [6.45, 7) is 3.20. The lowest BCUT2D eigenvalue weighted by Gasteiger charge is -2.31. The maximum atomic E-state index is 11.1. The lowest BCUT2D eigenvalue weighted by molar-refractivity contribution is -0.155. The minimum Gasteiger partial charge on any atom is -0.462 e. The summed E-state index contributed by atoms with van der Waals surface area (Å²) in [6, 6.07) is 0. The summed E-state index contributed by atoms with van der Waals surface area (Å²) in [4.78, 5) is 24.0. The molecule has 1 fully saturated rings. The molecule has 0 aliphatic carbocycles. The SMILES string of the molecule is COC(=O)C(=O)NN1CCN(C)CC1. The number of carbonyl (C=O) groups is 2. The van der Waals surface area contributed by atoms with E-state index in [0.29, 0.717) is 0 Å². The number of hydrogen-bond acceptors (Lipinski definition) is 5. The molecular formula is C8H15N3O3. The average Bonchev–Trinajstić information content (AvgIpc) is 2.20. The van der Waals surface area contributed by atoms with E-state index >= 15 is 0 Å². The highest BCUT2D eigenvalue weighted by Gasteiger charge is 2.20. The molecule has 0 unspecified atom stereocenters. The van der Waals surface area contributed by atoms with Crippen molar-refractivity contribution in [3.8, 4) is 0 Å². The first kappa shape index (κ1) is 10.9. The third-order valence-corrected chi connectivity index (χ3v) is 2.13. The molecule has 0 aromatic carbocycles. The molecule has 1 N–H and O–H groups in total. The Kier molecular flexibility index (Phi) is 3.84. The van der Waals surface area contributed by atoms with Crippen LogP contribution in [0.1, 0.15) is 0 Å². The van der Waals surface area contributed by atoms with Crippen molar-refractivity contribution in [3.05, 3.63) is 0 Å². The Labute approximate surface area is 82.8 Å². The van der Waals surface area contributed by atoms with E-state index in [1.165, 1.54) is 7.11 Å². The van der Waals surface area contributed by atoms with Crippen molar-refractivity contribution in [1.29, 1.82) is 0 Å². The molecule has 0 aromatic rings. The summed E-state index contributed by atoms with van der Waals surface area (Å²) in [5.74, 6) is -1.57. The lowest BCUT2D eigenvalue weighted by atomic mass is 10.4. The van der Waals surface area contributed by atoms with Gasteiger partial charge < -0.3 is 9.64 Å². The number of esters is 1. The fraction of sp³-hybridized carbons (Fsp3) is 0.750. The molecule has 1 amide bonds. The Balaban J connectivity index is 2.31. The van der Waals surface area contributed by atoms with Crippen LogP contribution in [0.4, 0.5) is 0 Å². The van der Waals surface area contributed by atoms with E-state index in [9.17, 15) is 9.59 Å². The number of hydrogen-bond donors (Lipinski definition) is 1. The summed E-state index contributed by atoms with van der Waals surface area (Å²) in [7, 11) is 3.20. The van der Waals surface area contributed by atoms with Crippen LogP contribution in [0.2, 0.25) is 0 Å². The van der Waals surface area contributed by atoms with Crippen LogP contribution < -0.4 is 5.43 Å². The number of piperazine rings is 1. The summed E-state index contributed by atoms with van der Waals surface area (Å²) in [6.07, 6.45) is 0. The van der Waals surface area contributed by atoms with E-state index in [4.69, 9.17) is 0 Å². The number of methoxy groups -OCH3 is 1. The largest absolute Gasteiger partial charge is 0.462 e. The standard InChI is InChI=1S/C8H15N3O3/c1-10-3-5-11(6-4-10)9-7(12)8(13)14-2/h3-6H2,1-2H3,(H,9,12). The van der Waals surface area contributed by atoms with Crippen LogP contribution in [0.5, 0.6) is 0 Å². The molecule has 6 heteroatoms. The van der Waals surface area contributed by atoms with Gasteiger partial charge in [-0.3, -0.25) is 10.2 Å². The van der Waals surface area contributed by atoms with Crippen molar-refractivity contribution < 1.29 is 14.3 Å². The quantitative estimate of drug-likeness (QED) is 0.410. The molecule has 0 spiro atoms. The fourth-order valence-electron chi connectivity index (χ4n) is 1.20. The zero-order valence-corrected chi connectivity index (χ0v) is 8.45. The molecule has 14 heavy (non-hydrogen) atoms. The van der Waals surface area contributed by atoms with Gasteiger partial charge >= 0.3 is 11.9 Å². The molecular weight excluding hydrogens is 186 g/mol. The number of carbonyl (C=O) groups excluding carboxylic acids is 2. The fourth-order valence-corrected chi connectivity index (χ4v) is 1.20. The Morgan fingerprint density at radius 1 is 1.21 bits per heavy atom. The molecule has 1 aliphatic heterocycles. The van der Waals surface area contributed by atoms with Crippen molar-refractivity contribution >= 4 is 11.9 Å². The zero-order valence-electron chi connectivity index (χ0n) is 8.45. The Bertz CT molecular complexity index is 224. The first-order chi connectivity index (χ1) is 6.63. The molecule has 80 valence electrons. The molecule has 0 radical (unpaired) electrons. The van der Waals surface area contributed by atoms with Crippen LogP contribution in [0.25, 0.3) is 0 Å². The lowest BCUT2D eigenvalue weighted by Crippen LogP contribution is -2.54. The Hall–Kier alpha value is -1.14. The second kappa shape index (κ2) is 4.92. The van der Waals surface area contributed by atoms with Crippen molar-refractivity contribution in [3.63, 3.8) is 0 Å². The molecule has 1 heterocycles. The molecule has 0 aromatic heterocycles. The summed E-state index contributed by atoms with van der Waals surface area (Å²) in [5, 5.41) is 1.72. The molecule has 0 bridgehead atoms. The summed E-state index contributed by atoms with van der Waals surface area (Å²) < 4.78 is 4.29. The third kappa shape index (κ3) is 2.97. The number of nitrogens with zero attached hydrogens (tertiary/aromatic N) is 2. The third-order valence-electron chi connectivity index (χ3n) is 2.13. The average molecular weight is 201 g/mol. The van der Waals surface area contributed by atoms with Gasteiger partial charge in [-0.2, -0.15) is 0 Å². The number of hydrazine groups is 1. The predicted molar refractivity (Wildman–Crippen MR) is 49.2 cm³/mol. The van der Waals surface area contributed by atoms with Gasteiger partial charge in [0.2, 0.25) is 0 Å². The maximum Gasteiger partial charge on any atom is 0.397 e. The van der Waals surface area contributed by atoms with Gasteiger partial charge in [0.1, 0.15) is 0 Å². The van der Waals surface area contributed by atoms with E-state index in [1.807, 2.05) is 7.05 Å². The minimum absolute atomic E-state index is 0.711. The second-order valence-corrected chi connectivity index (χ2v) is 3.22. The second-order valence-electron chi connectivity index (χ2n) is 3.22. The van der Waals surface area contributed by atoms with Crippen LogP contribution in [0, 0.1) is 0 Å². The zero-order chi connectivity index (χ0) is 10.6. The Morgan fingerprint density at radius 2 is 1.79 bits per heavy atom. The van der Waals surface area contributed by atoms with Crippen LogP contribution >= 0.6 is 0 Å². The van der Waals surface area contributed by atoms with Gasteiger partial charge in [0.05, 0.1) is 7.11 Å². The van der Waals surface area contributed by atoms with Crippen LogP contribution in [0.15, 0.2) is 0 Å². The van der Waals surface area contributed by atoms with Gasteiger partial charge in [0.15, 0.2) is 0 Å². The van der Waals surface area contributed by atoms with Crippen molar-refractivity contribution in [2.24, 2.45) is 0 Å². The molecule has 0 atom stereocenters. The molecule has 6 nitrogen and oxygen atoms in total. The summed E-state index contributed by atoms with van der Waals surface area (Å²) in [5.41, 5.74) is 2.48. The molecule has 1 saturated heterocycles. The van der Waals surface area contributed by atoms with Gasteiger partial charge in [-0.15, -0.1) is 0 Å². The van der Waals surface area contributed by atoms with Crippen LogP contribution in [-0.4, -0.2) is 62.1 Å². The van der Waals surface area contributed by atoms with Gasteiger partial charge in [-0.1, -0.05) is 0 Å². The van der Waals surface area contributed by atoms with E-state index in [1.54, 1.807) is 5.01 Å². The molecule has 1 aliphatic rings. The highest BCUT2D eigenvalue weighted by Crippen LogP contribution is 1.95. The number of amides is 1. The topological polar surface area (TPSA) is 61.9 Å². The van der Waals surface area contributed by atoms with Crippen LogP contribution in [-0.2, 0) is 14.3 Å². The normalized spacial score (nSPS) is 19.0. The number of nitrogens with one attached hydrogen (secondary N) is 1. The van der Waals surface area contributed by atoms with Gasteiger partial charge in [0.25, 0.3) is 0 Å². The highest BCUT2D eigenvalue weighted by molar-refractivity contribution is 6.32. The maximum absolute atomic E-state index is 11.1. The van der Waals surface area contributed by atoms with Gasteiger partial charge in [-0.25, -0.2) is 9.80 Å². The van der Waals surface area contributed by atoms with Crippen molar-refractivity contribution in [2.45, 2.75) is 0 Å². The minimum atomic E-state index is -0.857. The van der Waals surface area contributed by atoms with Gasteiger partial charge in [-0.05, 0) is 7.05 Å². The molecule has 0 saturated carbocycles. The number of ether oxygens (including phenoxy) is 1. The number of likely N-dealkylation sites (N-methyl/N-ethyl adjacent to an activating group) is 1. The summed E-state index contributed by atoms with van der Waals surface area (Å²) >= 11 is 0. The predicted octanol–water partition coefficient (Wildman–Crippen LogP) is -1.56. The van der Waals surface area contributed by atoms with E-state index in [2.05, 4.69) is 15.1 Å². The smallest absolute Gasteiger partial charge is 0.397 e. The number of rotatable bonds is 1. The molecule has 1 rings (SSSR count).